The van der Waals surface area contributed by atoms with E-state index in [0.29, 0.717) is 36.3 Å². The maximum Gasteiger partial charge on any atom is 0.303 e. The molecule has 6 nitrogen and oxygen atoms in total. The lowest BCUT2D eigenvalue weighted by Gasteiger charge is -2.24. The van der Waals surface area contributed by atoms with Crippen LogP contribution in [0.4, 0.5) is 0 Å². The van der Waals surface area contributed by atoms with Crippen LogP contribution in [-0.4, -0.2) is 35.3 Å². The third-order valence-electron chi connectivity index (χ3n) is 8.18. The number of benzene rings is 3. The van der Waals surface area contributed by atoms with Crippen molar-refractivity contribution in [3.63, 3.8) is 0 Å². The Morgan fingerprint density at radius 1 is 1.02 bits per heavy atom. The topological polar surface area (TPSA) is 105 Å². The molecule has 8 heteroatoms. The summed E-state index contributed by atoms with van der Waals surface area (Å²) in [7, 11) is -3.72. The Hall–Kier alpha value is -3.52. The lowest BCUT2D eigenvalue weighted by Crippen LogP contribution is -2.26. The first-order valence-corrected chi connectivity index (χ1v) is 16.5. The van der Waals surface area contributed by atoms with Crippen molar-refractivity contribution in [2.45, 2.75) is 56.8 Å². The highest BCUT2D eigenvalue weighted by molar-refractivity contribution is 7.91. The molecule has 1 aliphatic rings. The van der Waals surface area contributed by atoms with Crippen molar-refractivity contribution in [1.29, 1.82) is 0 Å². The van der Waals surface area contributed by atoms with Gasteiger partial charge < -0.3 is 10.2 Å². The third-order valence-corrected chi connectivity index (χ3v) is 10.8. The Morgan fingerprint density at radius 2 is 1.77 bits per heavy atom. The number of aryl methyl sites for hydroxylation is 1. The third kappa shape index (κ3) is 7.71. The lowest BCUT2D eigenvalue weighted by atomic mass is 9.90. The molecule has 0 aliphatic heterocycles. The van der Waals surface area contributed by atoms with Crippen molar-refractivity contribution < 1.29 is 23.4 Å². The van der Waals surface area contributed by atoms with E-state index < -0.39 is 32.1 Å². The van der Waals surface area contributed by atoms with E-state index in [1.165, 1.54) is 0 Å². The number of aromatic nitrogens is 1. The predicted molar refractivity (Wildman–Crippen MR) is 173 cm³/mol. The van der Waals surface area contributed by atoms with Crippen LogP contribution in [0.25, 0.3) is 23.1 Å². The number of aliphatic carboxylic acids is 1. The molecular formula is C35H36ClNO5S. The van der Waals surface area contributed by atoms with Crippen LogP contribution in [0, 0.1) is 5.41 Å². The molecule has 1 heterocycles. The second kappa shape index (κ2) is 12.2. The van der Waals surface area contributed by atoms with E-state index >= 15 is 0 Å². The van der Waals surface area contributed by atoms with Crippen LogP contribution in [0.3, 0.4) is 0 Å². The molecular weight excluding hydrogens is 582 g/mol. The molecule has 1 atom stereocenters. The number of sulfone groups is 1. The van der Waals surface area contributed by atoms with E-state index in [-0.39, 0.29) is 12.2 Å². The van der Waals surface area contributed by atoms with E-state index in [1.807, 2.05) is 91.0 Å². The monoisotopic (exact) mass is 617 g/mol. The highest BCUT2D eigenvalue weighted by atomic mass is 35.5. The molecule has 2 N–H and O–H groups in total. The van der Waals surface area contributed by atoms with Gasteiger partial charge in [-0.1, -0.05) is 78.3 Å². The van der Waals surface area contributed by atoms with Gasteiger partial charge in [-0.05, 0) is 91.5 Å². The zero-order valence-corrected chi connectivity index (χ0v) is 25.9. The molecule has 43 heavy (non-hydrogen) atoms. The van der Waals surface area contributed by atoms with Gasteiger partial charge in [0.2, 0.25) is 0 Å². The number of hydrogen-bond acceptors (Lipinski definition) is 5. The Kier molecular flexibility index (Phi) is 8.80. The number of carboxylic acids is 1. The first-order chi connectivity index (χ1) is 20.3. The smallest absolute Gasteiger partial charge is 0.303 e. The van der Waals surface area contributed by atoms with Crippen LogP contribution < -0.4 is 0 Å². The van der Waals surface area contributed by atoms with Crippen molar-refractivity contribution in [3.8, 4) is 0 Å². The van der Waals surface area contributed by atoms with Gasteiger partial charge in [-0.25, -0.2) is 13.4 Å². The summed E-state index contributed by atoms with van der Waals surface area (Å²) in [6, 6.07) is 24.5. The number of aliphatic hydroxyl groups is 1. The molecule has 1 aliphatic carbocycles. The molecule has 224 valence electrons. The summed E-state index contributed by atoms with van der Waals surface area (Å²) in [6.07, 6.45) is 5.58. The molecule has 0 amide bonds. The van der Waals surface area contributed by atoms with Crippen LogP contribution in [-0.2, 0) is 26.7 Å². The van der Waals surface area contributed by atoms with E-state index in [9.17, 15) is 23.4 Å². The summed E-state index contributed by atoms with van der Waals surface area (Å²) in [6.45, 7) is 3.44. The van der Waals surface area contributed by atoms with Gasteiger partial charge in [0, 0.05) is 10.4 Å². The zero-order valence-electron chi connectivity index (χ0n) is 24.3. The van der Waals surface area contributed by atoms with Gasteiger partial charge in [0.15, 0.2) is 9.84 Å². The lowest BCUT2D eigenvalue weighted by molar-refractivity contribution is -0.138. The highest BCUT2D eigenvalue weighted by Gasteiger charge is 2.49. The fourth-order valence-electron chi connectivity index (χ4n) is 5.82. The minimum absolute atomic E-state index is 0.146. The van der Waals surface area contributed by atoms with Gasteiger partial charge in [0.05, 0.1) is 34.2 Å². The second-order valence-corrected chi connectivity index (χ2v) is 14.8. The molecule has 1 aromatic heterocycles. The summed E-state index contributed by atoms with van der Waals surface area (Å²) in [4.78, 5) is 16.2. The largest absolute Gasteiger partial charge is 0.481 e. The number of rotatable bonds is 12. The first-order valence-electron chi connectivity index (χ1n) is 14.4. The number of carboxylic acid groups (broad SMARTS) is 1. The van der Waals surface area contributed by atoms with Gasteiger partial charge in [0.25, 0.3) is 0 Å². The summed E-state index contributed by atoms with van der Waals surface area (Å²) in [5, 5.41) is 20.9. The fraction of sp³-hybridized carbons (Fsp3) is 0.314. The number of fused-ring (bicyclic) bond motifs is 1. The summed E-state index contributed by atoms with van der Waals surface area (Å²) in [5.41, 5.74) is 2.90. The minimum Gasteiger partial charge on any atom is -0.481 e. The van der Waals surface area contributed by atoms with Gasteiger partial charge in [0.1, 0.15) is 0 Å². The quantitative estimate of drug-likeness (QED) is 0.169. The van der Waals surface area contributed by atoms with Crippen molar-refractivity contribution in [2.75, 3.05) is 5.75 Å². The molecule has 5 rings (SSSR count). The summed E-state index contributed by atoms with van der Waals surface area (Å²) >= 11 is 6.14. The molecule has 4 aromatic rings. The minimum atomic E-state index is -3.72. The number of pyridine rings is 1. The Bertz CT molecular complexity index is 1790. The van der Waals surface area contributed by atoms with Crippen LogP contribution in [0.2, 0.25) is 5.02 Å². The van der Waals surface area contributed by atoms with Crippen LogP contribution in [0.15, 0.2) is 78.9 Å². The van der Waals surface area contributed by atoms with Crippen molar-refractivity contribution in [1.82, 2.24) is 4.98 Å². The van der Waals surface area contributed by atoms with Crippen molar-refractivity contribution >= 4 is 50.5 Å². The van der Waals surface area contributed by atoms with Crippen molar-refractivity contribution in [2.24, 2.45) is 5.41 Å². The number of carbonyl (C=O) groups is 1. The number of hydrogen-bond donors (Lipinski definition) is 2. The van der Waals surface area contributed by atoms with Gasteiger partial charge in [-0.3, -0.25) is 4.79 Å². The Labute approximate surface area is 258 Å². The average Bonchev–Trinajstić information content (AvgIpc) is 3.68. The fourth-order valence-corrected chi connectivity index (χ4v) is 8.47. The molecule has 0 radical (unpaired) electrons. The maximum atomic E-state index is 14.0. The normalized spacial score (nSPS) is 15.5. The zero-order chi connectivity index (χ0) is 30.8. The summed E-state index contributed by atoms with van der Waals surface area (Å²) < 4.78 is 28.1. The highest BCUT2D eigenvalue weighted by Crippen LogP contribution is 2.51. The predicted octanol–water partition coefficient (Wildman–Crippen LogP) is 7.63. The maximum absolute atomic E-state index is 14.0. The van der Waals surface area contributed by atoms with E-state index in [0.717, 1.165) is 33.3 Å². The van der Waals surface area contributed by atoms with Crippen LogP contribution in [0.1, 0.15) is 72.7 Å². The van der Waals surface area contributed by atoms with E-state index in [4.69, 9.17) is 11.6 Å². The standard InChI is InChI=1S/C35H36ClNO5S/c1-34(2,40)30-9-4-3-7-25(30)13-17-32(43(41,42)23-35(18-19-35)22-33(38)39)27-8-5-6-24(20-27)10-15-29-16-12-26-11-14-28(36)21-31(26)37-29/h3-12,14-16,20-21,32,40H,13,17-19,22-23H2,1-2H3,(H,38,39)/b15-10+/t32-/m1/s1. The number of nitrogens with zero attached hydrogens (tertiary/aromatic N) is 1. The Balaban J connectivity index is 1.45. The van der Waals surface area contributed by atoms with Crippen molar-refractivity contribution in [3.05, 3.63) is 112 Å². The van der Waals surface area contributed by atoms with E-state index in [1.54, 1.807) is 13.8 Å². The molecule has 0 unspecified atom stereocenters. The van der Waals surface area contributed by atoms with Crippen LogP contribution >= 0.6 is 11.6 Å². The van der Waals surface area contributed by atoms with Crippen LogP contribution in [0.5, 0.6) is 0 Å². The SMILES string of the molecule is CC(C)(O)c1ccccc1CC[C@H](c1cccc(/C=C/c2ccc3ccc(Cl)cc3n2)c1)S(=O)(=O)CC1(CC(=O)O)CC1. The van der Waals surface area contributed by atoms with Gasteiger partial charge in [-0.2, -0.15) is 0 Å². The molecule has 0 spiro atoms. The molecule has 1 saturated carbocycles. The molecule has 0 bridgehead atoms. The summed E-state index contributed by atoms with van der Waals surface area (Å²) in [5.74, 6) is -1.13. The van der Waals surface area contributed by atoms with E-state index in [2.05, 4.69) is 4.98 Å². The number of halogens is 1. The Morgan fingerprint density at radius 3 is 2.49 bits per heavy atom. The molecule has 0 saturated heterocycles. The average molecular weight is 618 g/mol. The molecule has 3 aromatic carbocycles. The van der Waals surface area contributed by atoms with Gasteiger partial charge in [-0.15, -0.1) is 0 Å². The molecule has 1 fully saturated rings. The second-order valence-electron chi connectivity index (χ2n) is 12.2. The first kappa shape index (κ1) is 30.9. The van der Waals surface area contributed by atoms with Gasteiger partial charge >= 0.3 is 5.97 Å².